The third-order valence-corrected chi connectivity index (χ3v) is 4.06. The van der Waals surface area contributed by atoms with Crippen LogP contribution in [0.15, 0.2) is 30.9 Å². The molecule has 1 aliphatic heterocycles. The third-order valence-electron chi connectivity index (χ3n) is 4.06. The van der Waals surface area contributed by atoms with E-state index >= 15 is 0 Å². The standard InChI is InChI=1S/C16H23BO2/c1-7-8-13-9-12(2)10-14(11-13)17-18-15(3,4)16(5,6)19-17/h7,9-11H,1,8H2,2-6H3. The van der Waals surface area contributed by atoms with Crippen molar-refractivity contribution in [1.29, 1.82) is 0 Å². The van der Waals surface area contributed by atoms with Crippen molar-refractivity contribution in [2.45, 2.75) is 52.2 Å². The fourth-order valence-corrected chi connectivity index (χ4v) is 2.29. The molecule has 1 aromatic rings. The molecule has 0 bridgehead atoms. The molecule has 0 radical (unpaired) electrons. The Labute approximate surface area is 117 Å². The molecule has 1 fully saturated rings. The van der Waals surface area contributed by atoms with Crippen molar-refractivity contribution in [3.8, 4) is 0 Å². The first kappa shape index (κ1) is 14.4. The molecule has 0 aromatic heterocycles. The predicted octanol–water partition coefficient (Wildman–Crippen LogP) is 3.02. The maximum absolute atomic E-state index is 6.09. The van der Waals surface area contributed by atoms with Crippen molar-refractivity contribution < 1.29 is 9.31 Å². The van der Waals surface area contributed by atoms with E-state index in [1.807, 2.05) is 6.08 Å². The molecule has 0 amide bonds. The van der Waals surface area contributed by atoms with Crippen LogP contribution < -0.4 is 5.46 Å². The van der Waals surface area contributed by atoms with Crippen LogP contribution >= 0.6 is 0 Å². The van der Waals surface area contributed by atoms with Crippen molar-refractivity contribution >= 4 is 12.6 Å². The molecular weight excluding hydrogens is 235 g/mol. The Morgan fingerprint density at radius 1 is 1.11 bits per heavy atom. The highest BCUT2D eigenvalue weighted by atomic mass is 16.7. The summed E-state index contributed by atoms with van der Waals surface area (Å²) < 4.78 is 12.2. The minimum atomic E-state index is -0.292. The first-order chi connectivity index (χ1) is 8.75. The highest BCUT2D eigenvalue weighted by molar-refractivity contribution is 6.62. The van der Waals surface area contributed by atoms with E-state index in [0.29, 0.717) is 0 Å². The Morgan fingerprint density at radius 3 is 2.21 bits per heavy atom. The van der Waals surface area contributed by atoms with E-state index in [0.717, 1.165) is 11.9 Å². The molecule has 1 aromatic carbocycles. The summed E-state index contributed by atoms with van der Waals surface area (Å²) >= 11 is 0. The molecule has 102 valence electrons. The lowest BCUT2D eigenvalue weighted by Gasteiger charge is -2.32. The molecule has 3 heteroatoms. The third kappa shape index (κ3) is 2.77. The van der Waals surface area contributed by atoms with E-state index in [1.165, 1.54) is 11.1 Å². The van der Waals surface area contributed by atoms with Gasteiger partial charge in [-0.3, -0.25) is 0 Å². The van der Waals surface area contributed by atoms with Crippen molar-refractivity contribution in [2.75, 3.05) is 0 Å². The van der Waals surface area contributed by atoms with Gasteiger partial charge in [0.2, 0.25) is 0 Å². The zero-order valence-electron chi connectivity index (χ0n) is 12.6. The molecule has 0 aliphatic carbocycles. The highest BCUT2D eigenvalue weighted by Gasteiger charge is 2.51. The second kappa shape index (κ2) is 4.80. The van der Waals surface area contributed by atoms with E-state index in [9.17, 15) is 0 Å². The average Bonchev–Trinajstić information content (AvgIpc) is 2.48. The Balaban J connectivity index is 2.31. The lowest BCUT2D eigenvalue weighted by atomic mass is 9.77. The first-order valence-corrected chi connectivity index (χ1v) is 6.82. The summed E-state index contributed by atoms with van der Waals surface area (Å²) in [5, 5.41) is 0. The molecule has 0 saturated carbocycles. The normalized spacial score (nSPS) is 20.6. The van der Waals surface area contributed by atoms with Gasteiger partial charge in [-0.05, 0) is 52.1 Å². The summed E-state index contributed by atoms with van der Waals surface area (Å²) in [6, 6.07) is 6.46. The zero-order chi connectivity index (χ0) is 14.3. The SMILES string of the molecule is C=CCc1cc(C)cc(B2OC(C)(C)C(C)(C)O2)c1. The van der Waals surface area contributed by atoms with Gasteiger partial charge < -0.3 is 9.31 Å². The van der Waals surface area contributed by atoms with Gasteiger partial charge in [0.15, 0.2) is 0 Å². The fourth-order valence-electron chi connectivity index (χ4n) is 2.29. The molecule has 0 N–H and O–H groups in total. The van der Waals surface area contributed by atoms with Gasteiger partial charge in [-0.1, -0.05) is 29.8 Å². The molecule has 1 aliphatic rings. The van der Waals surface area contributed by atoms with Crippen LogP contribution in [0.2, 0.25) is 0 Å². The van der Waals surface area contributed by atoms with E-state index in [2.05, 4.69) is 59.4 Å². The van der Waals surface area contributed by atoms with Crippen LogP contribution in [0.5, 0.6) is 0 Å². The molecule has 2 rings (SSSR count). The second-order valence-corrected chi connectivity index (χ2v) is 6.33. The van der Waals surface area contributed by atoms with Crippen LogP contribution in [-0.4, -0.2) is 18.3 Å². The smallest absolute Gasteiger partial charge is 0.399 e. The molecule has 0 unspecified atom stereocenters. The van der Waals surface area contributed by atoms with E-state index in [1.54, 1.807) is 0 Å². The monoisotopic (exact) mass is 258 g/mol. The van der Waals surface area contributed by atoms with Crippen molar-refractivity contribution in [3.05, 3.63) is 42.0 Å². The Bertz CT molecular complexity index is 476. The maximum atomic E-state index is 6.09. The molecule has 0 spiro atoms. The number of hydrogen-bond acceptors (Lipinski definition) is 2. The minimum Gasteiger partial charge on any atom is -0.399 e. The lowest BCUT2D eigenvalue weighted by Crippen LogP contribution is -2.41. The van der Waals surface area contributed by atoms with E-state index in [-0.39, 0.29) is 18.3 Å². The Hall–Kier alpha value is -1.06. The minimum absolute atomic E-state index is 0.284. The number of aryl methyl sites for hydroxylation is 1. The number of allylic oxidation sites excluding steroid dienone is 1. The number of rotatable bonds is 3. The largest absolute Gasteiger partial charge is 0.494 e. The fraction of sp³-hybridized carbons (Fsp3) is 0.500. The summed E-state index contributed by atoms with van der Waals surface area (Å²) in [5.41, 5.74) is 2.99. The molecule has 19 heavy (non-hydrogen) atoms. The van der Waals surface area contributed by atoms with Crippen LogP contribution in [0.4, 0.5) is 0 Å². The molecule has 1 saturated heterocycles. The van der Waals surface area contributed by atoms with Crippen molar-refractivity contribution in [3.63, 3.8) is 0 Å². The lowest BCUT2D eigenvalue weighted by molar-refractivity contribution is 0.00578. The Morgan fingerprint density at radius 2 is 1.68 bits per heavy atom. The van der Waals surface area contributed by atoms with Crippen LogP contribution in [0.25, 0.3) is 0 Å². The predicted molar refractivity (Wildman–Crippen MR) is 80.8 cm³/mol. The summed E-state index contributed by atoms with van der Waals surface area (Å²) in [6.45, 7) is 14.2. The summed E-state index contributed by atoms with van der Waals surface area (Å²) in [5.74, 6) is 0. The average molecular weight is 258 g/mol. The van der Waals surface area contributed by atoms with Crippen LogP contribution in [0.1, 0.15) is 38.8 Å². The molecule has 1 heterocycles. The summed E-state index contributed by atoms with van der Waals surface area (Å²) in [4.78, 5) is 0. The second-order valence-electron chi connectivity index (χ2n) is 6.33. The van der Waals surface area contributed by atoms with Gasteiger partial charge in [-0.25, -0.2) is 0 Å². The van der Waals surface area contributed by atoms with Crippen LogP contribution in [0.3, 0.4) is 0 Å². The molecule has 0 atom stereocenters. The number of hydrogen-bond donors (Lipinski definition) is 0. The highest BCUT2D eigenvalue weighted by Crippen LogP contribution is 2.36. The van der Waals surface area contributed by atoms with Crippen molar-refractivity contribution in [2.24, 2.45) is 0 Å². The van der Waals surface area contributed by atoms with Crippen LogP contribution in [0, 0.1) is 6.92 Å². The van der Waals surface area contributed by atoms with Gasteiger partial charge in [-0.2, -0.15) is 0 Å². The van der Waals surface area contributed by atoms with Gasteiger partial charge in [-0.15, -0.1) is 6.58 Å². The summed E-state index contributed by atoms with van der Waals surface area (Å²) in [6.07, 6.45) is 2.79. The van der Waals surface area contributed by atoms with E-state index in [4.69, 9.17) is 9.31 Å². The van der Waals surface area contributed by atoms with Gasteiger partial charge in [0.25, 0.3) is 0 Å². The maximum Gasteiger partial charge on any atom is 0.494 e. The van der Waals surface area contributed by atoms with Gasteiger partial charge in [0.05, 0.1) is 11.2 Å². The van der Waals surface area contributed by atoms with Gasteiger partial charge in [0.1, 0.15) is 0 Å². The number of benzene rings is 1. The van der Waals surface area contributed by atoms with Crippen molar-refractivity contribution in [1.82, 2.24) is 0 Å². The zero-order valence-corrected chi connectivity index (χ0v) is 12.6. The van der Waals surface area contributed by atoms with Gasteiger partial charge >= 0.3 is 7.12 Å². The van der Waals surface area contributed by atoms with Gasteiger partial charge in [0, 0.05) is 0 Å². The van der Waals surface area contributed by atoms with E-state index < -0.39 is 0 Å². The topological polar surface area (TPSA) is 18.5 Å². The molecule has 2 nitrogen and oxygen atoms in total. The van der Waals surface area contributed by atoms with Crippen LogP contribution in [-0.2, 0) is 15.7 Å². The quantitative estimate of drug-likeness (QED) is 0.613. The summed E-state index contributed by atoms with van der Waals surface area (Å²) in [7, 11) is -0.284. The Kier molecular flexibility index (Phi) is 3.63. The molecular formula is C16H23BO2. The first-order valence-electron chi connectivity index (χ1n) is 6.82.